The second-order valence-corrected chi connectivity index (χ2v) is 1.44. The minimum atomic E-state index is 0.699. The Morgan fingerprint density at radius 2 is 1.89 bits per heavy atom. The molecule has 48 valence electrons. The Balaban J connectivity index is 0. The van der Waals surface area contributed by atoms with Crippen LogP contribution in [0.1, 0.15) is 13.8 Å². The number of hydrogen-bond acceptors (Lipinski definition) is 2. The molecular formula is C7H9NO. The second-order valence-electron chi connectivity index (χ2n) is 1.44. The van der Waals surface area contributed by atoms with E-state index in [0.717, 1.165) is 0 Å². The SMILES string of the molecule is C=CC#N.CC(C)=C=O. The van der Waals surface area contributed by atoms with Crippen LogP contribution in [-0.4, -0.2) is 5.94 Å². The molecule has 0 saturated carbocycles. The molecule has 0 aliphatic carbocycles. The third kappa shape index (κ3) is 51.8. The fourth-order valence-corrected chi connectivity index (χ4v) is 0. The minimum Gasteiger partial charge on any atom is -0.234 e. The van der Waals surface area contributed by atoms with Crippen LogP contribution in [0.15, 0.2) is 18.2 Å². The molecule has 0 aliphatic rings. The summed E-state index contributed by atoms with van der Waals surface area (Å²) in [6, 6.07) is 1.69. The Morgan fingerprint density at radius 1 is 1.67 bits per heavy atom. The van der Waals surface area contributed by atoms with E-state index in [0.29, 0.717) is 5.57 Å². The Hall–Kier alpha value is -1.32. The first-order chi connectivity index (χ1) is 4.18. The standard InChI is InChI=1S/C4H6O.C3H3N/c1-4(2)3-5;1-2-3-4/h1-2H3;2H,1H2. The summed E-state index contributed by atoms with van der Waals surface area (Å²) >= 11 is 0. The average Bonchev–Trinajstić information content (AvgIpc) is 1.89. The van der Waals surface area contributed by atoms with Gasteiger partial charge < -0.3 is 0 Å². The van der Waals surface area contributed by atoms with Crippen LogP contribution in [0, 0.1) is 11.3 Å². The van der Waals surface area contributed by atoms with Gasteiger partial charge in [-0.3, -0.25) is 0 Å². The highest BCUT2D eigenvalue weighted by molar-refractivity contribution is 5.49. The summed E-state index contributed by atoms with van der Waals surface area (Å²) in [6.07, 6.45) is 1.18. The van der Waals surface area contributed by atoms with Crippen molar-refractivity contribution in [2.24, 2.45) is 0 Å². The van der Waals surface area contributed by atoms with Gasteiger partial charge in [0.05, 0.1) is 6.07 Å². The summed E-state index contributed by atoms with van der Waals surface area (Å²) in [5.74, 6) is 1.69. The van der Waals surface area contributed by atoms with Crippen molar-refractivity contribution in [3.05, 3.63) is 18.2 Å². The fraction of sp³-hybridized carbons (Fsp3) is 0.286. The van der Waals surface area contributed by atoms with Crippen LogP contribution in [-0.2, 0) is 4.79 Å². The lowest BCUT2D eigenvalue weighted by molar-refractivity contribution is 0.567. The van der Waals surface area contributed by atoms with Gasteiger partial charge in [-0.05, 0) is 13.8 Å². The molecule has 2 nitrogen and oxygen atoms in total. The molecule has 0 aromatic heterocycles. The third-order valence-electron chi connectivity index (χ3n) is 0.295. The van der Waals surface area contributed by atoms with Gasteiger partial charge in [0.1, 0.15) is 5.94 Å². The molecule has 0 heterocycles. The molecule has 9 heavy (non-hydrogen) atoms. The summed E-state index contributed by atoms with van der Waals surface area (Å²) < 4.78 is 0. The molecule has 0 atom stereocenters. The molecule has 0 radical (unpaired) electrons. The molecule has 0 spiro atoms. The molecule has 0 unspecified atom stereocenters. The van der Waals surface area contributed by atoms with Gasteiger partial charge >= 0.3 is 0 Å². The van der Waals surface area contributed by atoms with E-state index in [-0.39, 0.29) is 0 Å². The van der Waals surface area contributed by atoms with Gasteiger partial charge in [0.2, 0.25) is 0 Å². The smallest absolute Gasteiger partial charge is 0.122 e. The Labute approximate surface area is 55.1 Å². The molecule has 0 saturated heterocycles. The van der Waals surface area contributed by atoms with Crippen LogP contribution in [0.2, 0.25) is 0 Å². The van der Waals surface area contributed by atoms with Gasteiger partial charge in [0.15, 0.2) is 0 Å². The zero-order valence-corrected chi connectivity index (χ0v) is 5.64. The van der Waals surface area contributed by atoms with Crippen molar-refractivity contribution in [2.45, 2.75) is 13.8 Å². The molecule has 2 heteroatoms. The van der Waals surface area contributed by atoms with E-state index in [2.05, 4.69) is 6.58 Å². The molecule has 0 amide bonds. The average molecular weight is 123 g/mol. The predicted octanol–water partition coefficient (Wildman–Crippen LogP) is 1.48. The van der Waals surface area contributed by atoms with Crippen molar-refractivity contribution in [3.8, 4) is 6.07 Å². The largest absolute Gasteiger partial charge is 0.234 e. The van der Waals surface area contributed by atoms with Gasteiger partial charge in [0.25, 0.3) is 0 Å². The lowest BCUT2D eigenvalue weighted by Gasteiger charge is -1.62. The van der Waals surface area contributed by atoms with E-state index in [1.807, 2.05) is 0 Å². The third-order valence-corrected chi connectivity index (χ3v) is 0.295. The van der Waals surface area contributed by atoms with E-state index in [4.69, 9.17) is 5.26 Å². The first kappa shape index (κ1) is 10.6. The summed E-state index contributed by atoms with van der Waals surface area (Å²) in [6.45, 7) is 6.55. The number of allylic oxidation sites excluding steroid dienone is 2. The van der Waals surface area contributed by atoms with Crippen LogP contribution in [0.25, 0.3) is 0 Å². The molecule has 0 rings (SSSR count). The van der Waals surface area contributed by atoms with E-state index < -0.39 is 0 Å². The number of carbonyl (C=O) groups excluding carboxylic acids is 1. The van der Waals surface area contributed by atoms with Gasteiger partial charge in [-0.2, -0.15) is 5.26 Å². The summed E-state index contributed by atoms with van der Waals surface area (Å²) in [7, 11) is 0. The normalized spacial score (nSPS) is 5.00. The predicted molar refractivity (Wildman–Crippen MR) is 36.4 cm³/mol. The number of nitrogens with zero attached hydrogens (tertiary/aromatic N) is 1. The summed E-state index contributed by atoms with van der Waals surface area (Å²) in [5, 5.41) is 7.51. The zero-order chi connectivity index (χ0) is 7.70. The Bertz CT molecular complexity index is 154. The van der Waals surface area contributed by atoms with Gasteiger partial charge in [-0.15, -0.1) is 0 Å². The van der Waals surface area contributed by atoms with E-state index >= 15 is 0 Å². The van der Waals surface area contributed by atoms with E-state index in [9.17, 15) is 4.79 Å². The molecule has 0 N–H and O–H groups in total. The number of nitriles is 1. The lowest BCUT2D eigenvalue weighted by Crippen LogP contribution is -1.56. The highest BCUT2D eigenvalue weighted by atomic mass is 16.1. The number of rotatable bonds is 0. The van der Waals surface area contributed by atoms with Crippen LogP contribution in [0.3, 0.4) is 0 Å². The van der Waals surface area contributed by atoms with Crippen LogP contribution in [0.5, 0.6) is 0 Å². The second kappa shape index (κ2) is 9.84. The highest BCUT2D eigenvalue weighted by Gasteiger charge is 1.62. The maximum absolute atomic E-state index is 9.34. The minimum absolute atomic E-state index is 0.699. The van der Waals surface area contributed by atoms with Gasteiger partial charge in [0, 0.05) is 11.6 Å². The monoisotopic (exact) mass is 123 g/mol. The first-order valence-corrected chi connectivity index (χ1v) is 2.37. The fourth-order valence-electron chi connectivity index (χ4n) is 0. The Morgan fingerprint density at radius 3 is 1.89 bits per heavy atom. The molecule has 0 fully saturated rings. The molecule has 0 aliphatic heterocycles. The first-order valence-electron chi connectivity index (χ1n) is 2.37. The summed E-state index contributed by atoms with van der Waals surface area (Å²) in [4.78, 5) is 9.34. The zero-order valence-electron chi connectivity index (χ0n) is 5.64. The maximum Gasteiger partial charge on any atom is 0.122 e. The quantitative estimate of drug-likeness (QED) is 0.361. The van der Waals surface area contributed by atoms with Crippen molar-refractivity contribution in [2.75, 3.05) is 0 Å². The molecule has 0 aromatic carbocycles. The topological polar surface area (TPSA) is 40.9 Å². The number of hydrogen-bond donors (Lipinski definition) is 0. The van der Waals surface area contributed by atoms with Gasteiger partial charge in [-0.25, -0.2) is 4.79 Å². The van der Waals surface area contributed by atoms with Crippen molar-refractivity contribution in [3.63, 3.8) is 0 Å². The lowest BCUT2D eigenvalue weighted by atomic mass is 10.4. The summed E-state index contributed by atoms with van der Waals surface area (Å²) in [5.41, 5.74) is 0.699. The molecule has 0 aromatic rings. The molecule has 0 bridgehead atoms. The van der Waals surface area contributed by atoms with Gasteiger partial charge in [-0.1, -0.05) is 6.58 Å². The Kier molecular flexibility index (Phi) is 11.6. The highest BCUT2D eigenvalue weighted by Crippen LogP contribution is 1.72. The molecular weight excluding hydrogens is 114 g/mol. The van der Waals surface area contributed by atoms with Crippen LogP contribution >= 0.6 is 0 Å². The maximum atomic E-state index is 9.34. The van der Waals surface area contributed by atoms with Crippen LogP contribution in [0.4, 0.5) is 0 Å². The van der Waals surface area contributed by atoms with Crippen molar-refractivity contribution in [1.82, 2.24) is 0 Å². The van der Waals surface area contributed by atoms with Crippen molar-refractivity contribution >= 4 is 5.94 Å². The van der Waals surface area contributed by atoms with Crippen molar-refractivity contribution < 1.29 is 4.79 Å². The van der Waals surface area contributed by atoms with E-state index in [1.54, 1.807) is 25.9 Å². The van der Waals surface area contributed by atoms with Crippen molar-refractivity contribution in [1.29, 1.82) is 5.26 Å². The van der Waals surface area contributed by atoms with Crippen LogP contribution < -0.4 is 0 Å². The van der Waals surface area contributed by atoms with E-state index in [1.165, 1.54) is 6.08 Å².